The van der Waals surface area contributed by atoms with Crippen LogP contribution in [0.2, 0.25) is 0 Å². The van der Waals surface area contributed by atoms with Crippen LogP contribution in [0.15, 0.2) is 12.3 Å². The fourth-order valence-electron chi connectivity index (χ4n) is 1.64. The lowest BCUT2D eigenvalue weighted by Crippen LogP contribution is -2.10. The van der Waals surface area contributed by atoms with Crippen molar-refractivity contribution in [3.8, 4) is 0 Å². The van der Waals surface area contributed by atoms with E-state index in [0.717, 1.165) is 12.5 Å². The summed E-state index contributed by atoms with van der Waals surface area (Å²) in [5.74, 6) is -0.821. The van der Waals surface area contributed by atoms with Crippen molar-refractivity contribution < 1.29 is 14.3 Å². The van der Waals surface area contributed by atoms with Gasteiger partial charge in [-0.05, 0) is 24.3 Å². The molecule has 2 rings (SSSR count). The van der Waals surface area contributed by atoms with Crippen molar-refractivity contribution in [2.24, 2.45) is 11.8 Å². The summed E-state index contributed by atoms with van der Waals surface area (Å²) >= 11 is 0. The topological polar surface area (TPSA) is 62.2 Å². The van der Waals surface area contributed by atoms with Crippen molar-refractivity contribution in [2.45, 2.75) is 13.3 Å². The molecule has 5 heteroatoms. The number of aromatic carboxylic acids is 1. The van der Waals surface area contributed by atoms with E-state index in [4.69, 9.17) is 5.11 Å². The molecule has 0 amide bonds. The summed E-state index contributed by atoms with van der Waals surface area (Å²) < 4.78 is 13.6. The Labute approximate surface area is 92.5 Å². The molecule has 86 valence electrons. The molecule has 0 aliphatic heterocycles. The van der Waals surface area contributed by atoms with E-state index in [9.17, 15) is 9.18 Å². The summed E-state index contributed by atoms with van der Waals surface area (Å²) in [6.45, 7) is 2.78. The first-order valence-corrected chi connectivity index (χ1v) is 5.21. The van der Waals surface area contributed by atoms with Gasteiger partial charge in [0.1, 0.15) is 5.56 Å². The van der Waals surface area contributed by atoms with Crippen molar-refractivity contribution >= 4 is 11.8 Å². The number of hydrogen-bond acceptors (Lipinski definition) is 3. The largest absolute Gasteiger partial charge is 0.478 e. The molecule has 1 aliphatic carbocycles. The zero-order valence-corrected chi connectivity index (χ0v) is 8.90. The Hall–Kier alpha value is -1.65. The Morgan fingerprint density at radius 1 is 1.75 bits per heavy atom. The van der Waals surface area contributed by atoms with Gasteiger partial charge in [-0.1, -0.05) is 6.92 Å². The van der Waals surface area contributed by atoms with Gasteiger partial charge in [0.25, 0.3) is 0 Å². The highest BCUT2D eigenvalue weighted by atomic mass is 19.1. The second kappa shape index (κ2) is 4.08. The average molecular weight is 224 g/mol. The molecule has 2 unspecified atom stereocenters. The van der Waals surface area contributed by atoms with Crippen LogP contribution in [0, 0.1) is 17.7 Å². The third-order valence-electron chi connectivity index (χ3n) is 2.93. The Balaban J connectivity index is 2.08. The molecule has 1 heterocycles. The standard InChI is InChI=1S/C11H13FN2O2/c1-6-4-7(6)5-14-10-9(12)8(11(15)16)2-3-13-10/h2-3,6-7H,4-5H2,1H3,(H,13,14)(H,15,16). The lowest BCUT2D eigenvalue weighted by atomic mass is 10.2. The molecule has 0 bridgehead atoms. The van der Waals surface area contributed by atoms with Gasteiger partial charge in [0.2, 0.25) is 0 Å². The third kappa shape index (κ3) is 2.13. The van der Waals surface area contributed by atoms with Gasteiger partial charge in [-0.25, -0.2) is 14.2 Å². The van der Waals surface area contributed by atoms with Gasteiger partial charge in [0.05, 0.1) is 0 Å². The van der Waals surface area contributed by atoms with Crippen molar-refractivity contribution in [1.29, 1.82) is 0 Å². The van der Waals surface area contributed by atoms with E-state index < -0.39 is 11.8 Å². The van der Waals surface area contributed by atoms with Gasteiger partial charge in [0.15, 0.2) is 11.6 Å². The average Bonchev–Trinajstić information content (AvgIpc) is 2.93. The van der Waals surface area contributed by atoms with Gasteiger partial charge in [-0.2, -0.15) is 0 Å². The van der Waals surface area contributed by atoms with Gasteiger partial charge in [-0.15, -0.1) is 0 Å². The highest BCUT2D eigenvalue weighted by molar-refractivity contribution is 5.88. The van der Waals surface area contributed by atoms with Crippen molar-refractivity contribution in [3.05, 3.63) is 23.6 Å². The number of pyridine rings is 1. The minimum atomic E-state index is -1.28. The number of anilines is 1. The molecule has 1 saturated carbocycles. The molecule has 0 spiro atoms. The van der Waals surface area contributed by atoms with Crippen LogP contribution in [0.5, 0.6) is 0 Å². The number of carboxylic acids is 1. The molecule has 0 aromatic carbocycles. The lowest BCUT2D eigenvalue weighted by molar-refractivity contribution is 0.0692. The summed E-state index contributed by atoms with van der Waals surface area (Å²) in [6.07, 6.45) is 2.43. The van der Waals surface area contributed by atoms with Crippen LogP contribution in [0.4, 0.5) is 10.2 Å². The third-order valence-corrected chi connectivity index (χ3v) is 2.93. The fraction of sp³-hybridized carbons (Fsp3) is 0.455. The number of rotatable bonds is 4. The minimum Gasteiger partial charge on any atom is -0.478 e. The van der Waals surface area contributed by atoms with Crippen LogP contribution in [0.1, 0.15) is 23.7 Å². The maximum absolute atomic E-state index is 13.6. The van der Waals surface area contributed by atoms with E-state index >= 15 is 0 Å². The first-order valence-electron chi connectivity index (χ1n) is 5.21. The summed E-state index contributed by atoms with van der Waals surface area (Å²) in [5, 5.41) is 11.6. The lowest BCUT2D eigenvalue weighted by Gasteiger charge is -2.07. The molecular formula is C11H13FN2O2. The number of aromatic nitrogens is 1. The second-order valence-electron chi connectivity index (χ2n) is 4.18. The van der Waals surface area contributed by atoms with E-state index in [1.54, 1.807) is 0 Å². The van der Waals surface area contributed by atoms with E-state index in [-0.39, 0.29) is 11.4 Å². The number of nitrogens with zero attached hydrogens (tertiary/aromatic N) is 1. The molecule has 0 radical (unpaired) electrons. The molecule has 16 heavy (non-hydrogen) atoms. The van der Waals surface area contributed by atoms with Crippen molar-refractivity contribution in [2.75, 3.05) is 11.9 Å². The van der Waals surface area contributed by atoms with Gasteiger partial charge in [0, 0.05) is 12.7 Å². The number of nitrogens with one attached hydrogen (secondary N) is 1. The van der Waals surface area contributed by atoms with Crippen molar-refractivity contribution in [1.82, 2.24) is 4.98 Å². The molecule has 2 atom stereocenters. The molecule has 1 fully saturated rings. The molecule has 1 aromatic rings. The van der Waals surface area contributed by atoms with Crippen LogP contribution in [0.3, 0.4) is 0 Å². The molecule has 1 aliphatic rings. The van der Waals surface area contributed by atoms with Gasteiger partial charge in [-0.3, -0.25) is 0 Å². The summed E-state index contributed by atoms with van der Waals surface area (Å²) in [6, 6.07) is 1.16. The summed E-state index contributed by atoms with van der Waals surface area (Å²) in [4.78, 5) is 14.5. The predicted molar refractivity (Wildman–Crippen MR) is 56.9 cm³/mol. The first kappa shape index (κ1) is 10.9. The Bertz CT molecular complexity index is 422. The quantitative estimate of drug-likeness (QED) is 0.821. The normalized spacial score (nSPS) is 22.9. The Morgan fingerprint density at radius 3 is 3.00 bits per heavy atom. The Morgan fingerprint density at radius 2 is 2.44 bits per heavy atom. The van der Waals surface area contributed by atoms with Crippen LogP contribution in [-0.4, -0.2) is 22.6 Å². The van der Waals surface area contributed by atoms with E-state index in [2.05, 4.69) is 17.2 Å². The highest BCUT2D eigenvalue weighted by Gasteiger charge is 2.32. The molecular weight excluding hydrogens is 211 g/mol. The minimum absolute atomic E-state index is 0.0269. The van der Waals surface area contributed by atoms with Crippen LogP contribution < -0.4 is 5.32 Å². The van der Waals surface area contributed by atoms with Gasteiger partial charge < -0.3 is 10.4 Å². The predicted octanol–water partition coefficient (Wildman–Crippen LogP) is 1.99. The molecule has 0 saturated heterocycles. The Kier molecular flexibility index (Phi) is 2.77. The fourth-order valence-corrected chi connectivity index (χ4v) is 1.64. The van der Waals surface area contributed by atoms with Crippen LogP contribution in [0.25, 0.3) is 0 Å². The SMILES string of the molecule is CC1CC1CNc1nccc(C(=O)O)c1F. The summed E-state index contributed by atoms with van der Waals surface area (Å²) in [5.41, 5.74) is -0.346. The number of halogens is 1. The smallest absolute Gasteiger partial charge is 0.338 e. The zero-order valence-electron chi connectivity index (χ0n) is 8.90. The zero-order chi connectivity index (χ0) is 11.7. The molecule has 4 nitrogen and oxygen atoms in total. The molecule has 1 aromatic heterocycles. The first-order chi connectivity index (χ1) is 7.59. The monoisotopic (exact) mass is 224 g/mol. The van der Waals surface area contributed by atoms with Crippen LogP contribution >= 0.6 is 0 Å². The van der Waals surface area contributed by atoms with Gasteiger partial charge >= 0.3 is 5.97 Å². The van der Waals surface area contributed by atoms with Crippen LogP contribution in [-0.2, 0) is 0 Å². The summed E-state index contributed by atoms with van der Waals surface area (Å²) in [7, 11) is 0. The second-order valence-corrected chi connectivity index (χ2v) is 4.18. The highest BCUT2D eigenvalue weighted by Crippen LogP contribution is 2.37. The number of hydrogen-bond donors (Lipinski definition) is 2. The van der Waals surface area contributed by atoms with E-state index in [1.165, 1.54) is 6.20 Å². The van der Waals surface area contributed by atoms with E-state index in [1.807, 2.05) is 0 Å². The maximum Gasteiger partial charge on any atom is 0.338 e. The van der Waals surface area contributed by atoms with E-state index in [0.29, 0.717) is 18.4 Å². The number of carboxylic acid groups (broad SMARTS) is 1. The number of carbonyl (C=O) groups is 1. The van der Waals surface area contributed by atoms with Crippen molar-refractivity contribution in [3.63, 3.8) is 0 Å². The molecule has 2 N–H and O–H groups in total. The maximum atomic E-state index is 13.6.